The molecule has 0 saturated heterocycles. The Morgan fingerprint density at radius 3 is 2.83 bits per heavy atom. The third kappa shape index (κ3) is 4.29. The first-order chi connectivity index (χ1) is 11.2. The molecule has 3 aromatic rings. The van der Waals surface area contributed by atoms with Crippen molar-refractivity contribution in [2.24, 2.45) is 0 Å². The van der Waals surface area contributed by atoms with Gasteiger partial charge in [0, 0.05) is 23.4 Å². The van der Waals surface area contributed by atoms with Gasteiger partial charge in [-0.1, -0.05) is 23.8 Å². The fraction of sp³-hybridized carbons (Fsp3) is 0.222. The Morgan fingerprint density at radius 1 is 1.26 bits per heavy atom. The van der Waals surface area contributed by atoms with Crippen LogP contribution in [0.3, 0.4) is 0 Å². The lowest BCUT2D eigenvalue weighted by molar-refractivity contribution is -0.120. The van der Waals surface area contributed by atoms with Gasteiger partial charge in [-0.3, -0.25) is 4.79 Å². The van der Waals surface area contributed by atoms with Crippen LogP contribution < -0.4 is 5.32 Å². The Hall–Kier alpha value is -2.40. The lowest BCUT2D eigenvalue weighted by Gasteiger charge is -2.02. The summed E-state index contributed by atoms with van der Waals surface area (Å²) in [4.78, 5) is 17.4. The fourth-order valence-electron chi connectivity index (χ4n) is 2.21. The van der Waals surface area contributed by atoms with Gasteiger partial charge in [0.15, 0.2) is 0 Å². The molecule has 0 atom stereocenters. The highest BCUT2D eigenvalue weighted by molar-refractivity contribution is 7.10. The van der Waals surface area contributed by atoms with E-state index in [1.807, 2.05) is 48.7 Å². The zero-order valence-electron chi connectivity index (χ0n) is 12.9. The van der Waals surface area contributed by atoms with Gasteiger partial charge in [0.25, 0.3) is 0 Å². The summed E-state index contributed by atoms with van der Waals surface area (Å²) in [7, 11) is 0. The number of carbonyl (C=O) groups is 1. The van der Waals surface area contributed by atoms with E-state index in [1.54, 1.807) is 17.6 Å². The van der Waals surface area contributed by atoms with E-state index in [9.17, 15) is 4.79 Å². The van der Waals surface area contributed by atoms with Gasteiger partial charge in [-0.2, -0.15) is 0 Å². The lowest BCUT2D eigenvalue weighted by Crippen LogP contribution is -2.27. The summed E-state index contributed by atoms with van der Waals surface area (Å²) in [6.45, 7) is 2.60. The number of oxazole rings is 1. The average molecular weight is 326 g/mol. The van der Waals surface area contributed by atoms with Crippen molar-refractivity contribution < 1.29 is 9.21 Å². The number of benzene rings is 1. The number of nitrogens with one attached hydrogen (secondary N) is 1. The van der Waals surface area contributed by atoms with Crippen molar-refractivity contribution in [3.05, 3.63) is 64.2 Å². The summed E-state index contributed by atoms with van der Waals surface area (Å²) in [6, 6.07) is 12.0. The SMILES string of the molecule is Cc1ccc(-c2nc(CCNC(=O)Cc3cccs3)co2)cc1. The average Bonchev–Trinajstić information content (AvgIpc) is 3.20. The van der Waals surface area contributed by atoms with Gasteiger partial charge in [0.1, 0.15) is 6.26 Å². The molecule has 0 fully saturated rings. The van der Waals surface area contributed by atoms with E-state index in [2.05, 4.69) is 10.3 Å². The maximum atomic E-state index is 11.8. The van der Waals surface area contributed by atoms with Gasteiger partial charge in [-0.15, -0.1) is 11.3 Å². The molecule has 0 unspecified atom stereocenters. The molecule has 1 N–H and O–H groups in total. The Morgan fingerprint density at radius 2 is 2.09 bits per heavy atom. The van der Waals surface area contributed by atoms with Gasteiger partial charge in [-0.25, -0.2) is 4.98 Å². The zero-order valence-corrected chi connectivity index (χ0v) is 13.7. The number of hydrogen-bond donors (Lipinski definition) is 1. The molecule has 3 rings (SSSR count). The lowest BCUT2D eigenvalue weighted by atomic mass is 10.1. The summed E-state index contributed by atoms with van der Waals surface area (Å²) < 4.78 is 5.51. The van der Waals surface area contributed by atoms with Gasteiger partial charge >= 0.3 is 0 Å². The first-order valence-electron chi connectivity index (χ1n) is 7.51. The van der Waals surface area contributed by atoms with Crippen LogP contribution in [0.4, 0.5) is 0 Å². The minimum Gasteiger partial charge on any atom is -0.444 e. The molecular weight excluding hydrogens is 308 g/mol. The van der Waals surface area contributed by atoms with Gasteiger partial charge in [0.2, 0.25) is 11.8 Å². The zero-order chi connectivity index (χ0) is 16.1. The van der Waals surface area contributed by atoms with Crippen LogP contribution in [0, 0.1) is 6.92 Å². The number of nitrogens with zero attached hydrogens (tertiary/aromatic N) is 1. The molecule has 1 aromatic carbocycles. The van der Waals surface area contributed by atoms with Crippen molar-refractivity contribution in [2.45, 2.75) is 19.8 Å². The standard InChI is InChI=1S/C18H18N2O2S/c1-13-4-6-14(7-5-13)18-20-15(12-22-18)8-9-19-17(21)11-16-3-2-10-23-16/h2-7,10,12H,8-9,11H2,1H3,(H,19,21). The van der Waals surface area contributed by atoms with Crippen molar-refractivity contribution in [3.8, 4) is 11.5 Å². The molecule has 118 valence electrons. The third-order valence-corrected chi connectivity index (χ3v) is 4.34. The monoisotopic (exact) mass is 326 g/mol. The van der Waals surface area contributed by atoms with Crippen molar-refractivity contribution in [1.29, 1.82) is 0 Å². The molecule has 2 heterocycles. The van der Waals surface area contributed by atoms with E-state index in [1.165, 1.54) is 5.56 Å². The van der Waals surface area contributed by atoms with Crippen molar-refractivity contribution >= 4 is 17.2 Å². The molecule has 0 radical (unpaired) electrons. The topological polar surface area (TPSA) is 55.1 Å². The van der Waals surface area contributed by atoms with E-state index < -0.39 is 0 Å². The summed E-state index contributed by atoms with van der Waals surface area (Å²) in [5.74, 6) is 0.652. The molecule has 0 saturated carbocycles. The minimum absolute atomic E-state index is 0.0368. The van der Waals surface area contributed by atoms with Gasteiger partial charge in [-0.05, 0) is 30.5 Å². The molecule has 2 aromatic heterocycles. The van der Waals surface area contributed by atoms with Crippen LogP contribution in [-0.2, 0) is 17.6 Å². The Balaban J connectivity index is 1.49. The van der Waals surface area contributed by atoms with E-state index in [0.29, 0.717) is 25.3 Å². The minimum atomic E-state index is 0.0368. The van der Waals surface area contributed by atoms with E-state index in [4.69, 9.17) is 4.42 Å². The molecule has 0 aliphatic carbocycles. The fourth-order valence-corrected chi connectivity index (χ4v) is 2.92. The molecule has 5 heteroatoms. The second-order valence-electron chi connectivity index (χ2n) is 5.37. The highest BCUT2D eigenvalue weighted by Crippen LogP contribution is 2.19. The number of carbonyl (C=O) groups excluding carboxylic acids is 1. The van der Waals surface area contributed by atoms with Gasteiger partial charge in [0.05, 0.1) is 12.1 Å². The predicted molar refractivity (Wildman–Crippen MR) is 91.4 cm³/mol. The second kappa shape index (κ2) is 7.24. The maximum Gasteiger partial charge on any atom is 0.226 e. The van der Waals surface area contributed by atoms with Crippen molar-refractivity contribution in [2.75, 3.05) is 6.54 Å². The molecule has 23 heavy (non-hydrogen) atoms. The molecule has 0 aliphatic heterocycles. The predicted octanol–water partition coefficient (Wildman–Crippen LogP) is 3.61. The highest BCUT2D eigenvalue weighted by Gasteiger charge is 2.08. The summed E-state index contributed by atoms with van der Waals surface area (Å²) in [6.07, 6.45) is 2.75. The summed E-state index contributed by atoms with van der Waals surface area (Å²) >= 11 is 1.59. The smallest absolute Gasteiger partial charge is 0.226 e. The van der Waals surface area contributed by atoms with Crippen LogP contribution in [0.2, 0.25) is 0 Å². The highest BCUT2D eigenvalue weighted by atomic mass is 32.1. The van der Waals surface area contributed by atoms with Crippen LogP contribution >= 0.6 is 11.3 Å². The molecular formula is C18H18N2O2S. The van der Waals surface area contributed by atoms with Crippen LogP contribution in [0.15, 0.2) is 52.5 Å². The first kappa shape index (κ1) is 15.5. The number of aryl methyl sites for hydroxylation is 1. The van der Waals surface area contributed by atoms with Crippen LogP contribution in [0.25, 0.3) is 11.5 Å². The third-order valence-electron chi connectivity index (χ3n) is 3.47. The van der Waals surface area contributed by atoms with Crippen molar-refractivity contribution in [1.82, 2.24) is 10.3 Å². The second-order valence-corrected chi connectivity index (χ2v) is 6.40. The van der Waals surface area contributed by atoms with Gasteiger partial charge < -0.3 is 9.73 Å². The maximum absolute atomic E-state index is 11.8. The van der Waals surface area contributed by atoms with Crippen LogP contribution in [0.1, 0.15) is 16.1 Å². The molecule has 0 aliphatic rings. The molecule has 4 nitrogen and oxygen atoms in total. The number of thiophene rings is 1. The number of rotatable bonds is 6. The Kier molecular flexibility index (Phi) is 4.88. The largest absolute Gasteiger partial charge is 0.444 e. The van der Waals surface area contributed by atoms with Crippen molar-refractivity contribution in [3.63, 3.8) is 0 Å². The number of amides is 1. The molecule has 0 bridgehead atoms. The Bertz CT molecular complexity index is 761. The summed E-state index contributed by atoms with van der Waals surface area (Å²) in [5.41, 5.74) is 3.01. The van der Waals surface area contributed by atoms with Crippen LogP contribution in [0.5, 0.6) is 0 Å². The normalized spacial score (nSPS) is 10.7. The van der Waals surface area contributed by atoms with E-state index in [-0.39, 0.29) is 5.91 Å². The molecule has 0 spiro atoms. The molecule has 1 amide bonds. The van der Waals surface area contributed by atoms with E-state index in [0.717, 1.165) is 16.1 Å². The van der Waals surface area contributed by atoms with Crippen LogP contribution in [-0.4, -0.2) is 17.4 Å². The van der Waals surface area contributed by atoms with E-state index >= 15 is 0 Å². The first-order valence-corrected chi connectivity index (χ1v) is 8.39. The quantitative estimate of drug-likeness (QED) is 0.753. The number of aromatic nitrogens is 1. The number of hydrogen-bond acceptors (Lipinski definition) is 4. The summed E-state index contributed by atoms with van der Waals surface area (Å²) in [5, 5.41) is 4.89. The Labute approximate surface area is 139 Å².